The van der Waals surface area contributed by atoms with Gasteiger partial charge < -0.3 is 15.3 Å². The van der Waals surface area contributed by atoms with Gasteiger partial charge in [-0.15, -0.1) is 0 Å². The summed E-state index contributed by atoms with van der Waals surface area (Å²) in [5.41, 5.74) is 0. The maximum Gasteiger partial charge on any atom is 0.149 e. The third-order valence-electron chi connectivity index (χ3n) is 2.89. The lowest BCUT2D eigenvalue weighted by Crippen LogP contribution is -2.39. The molecule has 94 valence electrons. The van der Waals surface area contributed by atoms with Crippen LogP contribution in [-0.2, 0) is 0 Å². The molecule has 1 aliphatic rings. The van der Waals surface area contributed by atoms with Gasteiger partial charge in [0.05, 0.1) is 19.0 Å². The van der Waals surface area contributed by atoms with Gasteiger partial charge in [-0.05, 0) is 19.4 Å². The van der Waals surface area contributed by atoms with E-state index in [0.29, 0.717) is 17.7 Å². The van der Waals surface area contributed by atoms with Crippen LogP contribution in [0.3, 0.4) is 0 Å². The maximum atomic E-state index is 9.10. The number of halogens is 1. The number of hydrogen-bond acceptors (Lipinski definition) is 5. The largest absolute Gasteiger partial charge is 0.395 e. The van der Waals surface area contributed by atoms with E-state index in [4.69, 9.17) is 16.7 Å². The molecule has 0 aromatic carbocycles. The Morgan fingerprint density at radius 3 is 3.06 bits per heavy atom. The Bertz CT molecular complexity index is 357. The first kappa shape index (κ1) is 12.5. The van der Waals surface area contributed by atoms with Gasteiger partial charge >= 0.3 is 0 Å². The van der Waals surface area contributed by atoms with Crippen LogP contribution in [0.5, 0.6) is 0 Å². The molecular formula is C11H17ClN4O. The molecule has 0 bridgehead atoms. The molecule has 1 saturated heterocycles. The van der Waals surface area contributed by atoms with E-state index in [1.807, 2.05) is 4.90 Å². The van der Waals surface area contributed by atoms with E-state index >= 15 is 0 Å². The van der Waals surface area contributed by atoms with Crippen LogP contribution in [0.15, 0.2) is 12.4 Å². The zero-order valence-electron chi connectivity index (χ0n) is 9.64. The Morgan fingerprint density at radius 2 is 2.41 bits per heavy atom. The number of nitrogens with one attached hydrogen (secondary N) is 1. The molecule has 0 amide bonds. The predicted octanol–water partition coefficient (Wildman–Crippen LogP) is 0.681. The van der Waals surface area contributed by atoms with Crippen molar-refractivity contribution in [3.63, 3.8) is 0 Å². The first-order valence-corrected chi connectivity index (χ1v) is 6.24. The highest BCUT2D eigenvalue weighted by Crippen LogP contribution is 2.15. The highest BCUT2D eigenvalue weighted by Gasteiger charge is 2.18. The molecule has 6 heteroatoms. The molecule has 1 aliphatic heterocycles. The Balaban J connectivity index is 2.04. The summed E-state index contributed by atoms with van der Waals surface area (Å²) < 4.78 is 0. The molecule has 1 aromatic heterocycles. The van der Waals surface area contributed by atoms with Crippen LogP contribution in [0, 0.1) is 0 Å². The summed E-state index contributed by atoms with van der Waals surface area (Å²) in [4.78, 5) is 10.3. The van der Waals surface area contributed by atoms with Gasteiger partial charge in [-0.25, -0.2) is 4.98 Å². The van der Waals surface area contributed by atoms with E-state index in [-0.39, 0.29) is 6.61 Å². The summed E-state index contributed by atoms with van der Waals surface area (Å²) in [6.07, 6.45) is 5.56. The molecule has 1 atom stereocenters. The van der Waals surface area contributed by atoms with Gasteiger partial charge in [0.25, 0.3) is 0 Å². The van der Waals surface area contributed by atoms with Crippen LogP contribution in [0.1, 0.15) is 12.8 Å². The fraction of sp³-hybridized carbons (Fsp3) is 0.636. The molecule has 17 heavy (non-hydrogen) atoms. The summed E-state index contributed by atoms with van der Waals surface area (Å²) in [5.74, 6) is 0.722. The SMILES string of the molecule is OCCN(CC1CCCN1)c1cncc(Cl)n1. The quantitative estimate of drug-likeness (QED) is 0.811. The van der Waals surface area contributed by atoms with Crippen molar-refractivity contribution in [2.45, 2.75) is 18.9 Å². The Hall–Kier alpha value is -0.910. The second-order valence-corrected chi connectivity index (χ2v) is 4.55. The standard InChI is InChI=1S/C11H17ClN4O/c12-10-6-13-7-11(15-10)16(4-5-17)8-9-2-1-3-14-9/h6-7,9,14,17H,1-5,8H2. The topological polar surface area (TPSA) is 61.3 Å². The van der Waals surface area contributed by atoms with Crippen LogP contribution in [0.25, 0.3) is 0 Å². The van der Waals surface area contributed by atoms with Crippen molar-refractivity contribution in [1.82, 2.24) is 15.3 Å². The average molecular weight is 257 g/mol. The Kier molecular flexibility index (Phi) is 4.53. The monoisotopic (exact) mass is 256 g/mol. The van der Waals surface area contributed by atoms with Gasteiger partial charge in [0.15, 0.2) is 0 Å². The summed E-state index contributed by atoms with van der Waals surface area (Å²) >= 11 is 5.83. The molecule has 1 unspecified atom stereocenters. The minimum absolute atomic E-state index is 0.0981. The second-order valence-electron chi connectivity index (χ2n) is 4.16. The number of anilines is 1. The molecule has 2 rings (SSSR count). The highest BCUT2D eigenvalue weighted by molar-refractivity contribution is 6.29. The number of nitrogens with zero attached hydrogens (tertiary/aromatic N) is 3. The molecule has 1 fully saturated rings. The fourth-order valence-corrected chi connectivity index (χ4v) is 2.23. The average Bonchev–Trinajstić information content (AvgIpc) is 2.81. The van der Waals surface area contributed by atoms with E-state index in [0.717, 1.165) is 25.3 Å². The van der Waals surface area contributed by atoms with Crippen molar-refractivity contribution in [3.8, 4) is 0 Å². The zero-order chi connectivity index (χ0) is 12.1. The minimum atomic E-state index is 0.0981. The van der Waals surface area contributed by atoms with Crippen LogP contribution in [0.4, 0.5) is 5.82 Å². The molecule has 0 spiro atoms. The Labute approximate surface area is 106 Å². The summed E-state index contributed by atoms with van der Waals surface area (Å²) in [6, 6.07) is 0.460. The number of hydrogen-bond donors (Lipinski definition) is 2. The van der Waals surface area contributed by atoms with E-state index in [9.17, 15) is 0 Å². The zero-order valence-corrected chi connectivity index (χ0v) is 10.4. The van der Waals surface area contributed by atoms with Gasteiger partial charge in [0, 0.05) is 19.1 Å². The van der Waals surface area contributed by atoms with Crippen molar-refractivity contribution in [1.29, 1.82) is 0 Å². The van der Waals surface area contributed by atoms with Gasteiger partial charge in [-0.1, -0.05) is 11.6 Å². The summed E-state index contributed by atoms with van der Waals surface area (Å²) in [5, 5.41) is 12.9. The van der Waals surface area contributed by atoms with Gasteiger partial charge in [-0.3, -0.25) is 4.98 Å². The maximum absolute atomic E-state index is 9.10. The van der Waals surface area contributed by atoms with Crippen LogP contribution in [-0.4, -0.2) is 47.4 Å². The predicted molar refractivity (Wildman–Crippen MR) is 67.4 cm³/mol. The number of aromatic nitrogens is 2. The molecule has 2 heterocycles. The van der Waals surface area contributed by atoms with Crippen LogP contribution >= 0.6 is 11.6 Å². The van der Waals surface area contributed by atoms with Crippen molar-refractivity contribution in [3.05, 3.63) is 17.5 Å². The van der Waals surface area contributed by atoms with Crippen molar-refractivity contribution in [2.75, 3.05) is 31.1 Å². The normalized spacial score (nSPS) is 19.5. The van der Waals surface area contributed by atoms with Gasteiger partial charge in [0.1, 0.15) is 11.0 Å². The van der Waals surface area contributed by atoms with E-state index in [1.54, 1.807) is 6.20 Å². The van der Waals surface area contributed by atoms with Crippen LogP contribution < -0.4 is 10.2 Å². The smallest absolute Gasteiger partial charge is 0.149 e. The van der Waals surface area contributed by atoms with Crippen molar-refractivity contribution < 1.29 is 5.11 Å². The molecule has 2 N–H and O–H groups in total. The molecule has 0 radical (unpaired) electrons. The van der Waals surface area contributed by atoms with Crippen LogP contribution in [0.2, 0.25) is 5.15 Å². The third-order valence-corrected chi connectivity index (χ3v) is 3.07. The fourth-order valence-electron chi connectivity index (χ4n) is 2.08. The molecule has 0 aliphatic carbocycles. The molecular weight excluding hydrogens is 240 g/mol. The van der Waals surface area contributed by atoms with E-state index < -0.39 is 0 Å². The first-order chi connectivity index (χ1) is 8.29. The van der Waals surface area contributed by atoms with Crippen molar-refractivity contribution in [2.24, 2.45) is 0 Å². The molecule has 5 nitrogen and oxygen atoms in total. The summed E-state index contributed by atoms with van der Waals surface area (Å²) in [7, 11) is 0. The highest BCUT2D eigenvalue weighted by atomic mass is 35.5. The minimum Gasteiger partial charge on any atom is -0.395 e. The molecule has 0 saturated carbocycles. The number of rotatable bonds is 5. The third kappa shape index (κ3) is 3.52. The van der Waals surface area contributed by atoms with Gasteiger partial charge in [0.2, 0.25) is 0 Å². The first-order valence-electron chi connectivity index (χ1n) is 5.86. The lowest BCUT2D eigenvalue weighted by molar-refractivity contribution is 0.300. The van der Waals surface area contributed by atoms with E-state index in [1.165, 1.54) is 12.6 Å². The van der Waals surface area contributed by atoms with E-state index in [2.05, 4.69) is 15.3 Å². The lowest BCUT2D eigenvalue weighted by atomic mass is 10.2. The lowest BCUT2D eigenvalue weighted by Gasteiger charge is -2.25. The second kappa shape index (κ2) is 6.14. The Morgan fingerprint density at radius 1 is 1.53 bits per heavy atom. The van der Waals surface area contributed by atoms with Crippen molar-refractivity contribution >= 4 is 17.4 Å². The number of aliphatic hydroxyl groups is 1. The molecule has 1 aromatic rings. The van der Waals surface area contributed by atoms with Gasteiger partial charge in [-0.2, -0.15) is 0 Å². The number of aliphatic hydroxyl groups excluding tert-OH is 1. The summed E-state index contributed by atoms with van der Waals surface area (Å²) in [6.45, 7) is 2.54.